The number of nitrogens with one attached hydrogen (secondary N) is 1. The zero-order chi connectivity index (χ0) is 15.2. The highest BCUT2D eigenvalue weighted by Gasteiger charge is 2.20. The van der Waals surface area contributed by atoms with Crippen LogP contribution in [0.2, 0.25) is 0 Å². The Morgan fingerprint density at radius 1 is 1.24 bits per heavy atom. The molecule has 21 heavy (non-hydrogen) atoms. The quantitative estimate of drug-likeness (QED) is 0.868. The van der Waals surface area contributed by atoms with Crippen LogP contribution in [0.25, 0.3) is 0 Å². The largest absolute Gasteiger partial charge is 0.467 e. The Hall–Kier alpha value is -1.33. The Kier molecular flexibility index (Phi) is 5.82. The summed E-state index contributed by atoms with van der Waals surface area (Å²) in [4.78, 5) is 16.8. The van der Waals surface area contributed by atoms with Crippen molar-refractivity contribution in [1.29, 1.82) is 0 Å². The Morgan fingerprint density at radius 3 is 2.48 bits per heavy atom. The van der Waals surface area contributed by atoms with Gasteiger partial charge in [-0.05, 0) is 25.0 Å². The first-order valence-corrected chi connectivity index (χ1v) is 7.82. The lowest BCUT2D eigenvalue weighted by molar-refractivity contribution is -0.123. The SMILES string of the molecule is CC(C)CN1CCN(CC(=O)NC(C)c2ccco2)CC1. The number of piperazine rings is 1. The lowest BCUT2D eigenvalue weighted by atomic mass is 10.2. The molecule has 1 N–H and O–H groups in total. The fourth-order valence-corrected chi connectivity index (χ4v) is 2.75. The number of amides is 1. The van der Waals surface area contributed by atoms with Crippen LogP contribution >= 0.6 is 0 Å². The van der Waals surface area contributed by atoms with Crippen LogP contribution in [0, 0.1) is 5.92 Å². The highest BCUT2D eigenvalue weighted by Crippen LogP contribution is 2.12. The van der Waals surface area contributed by atoms with Crippen molar-refractivity contribution in [3.63, 3.8) is 0 Å². The van der Waals surface area contributed by atoms with E-state index in [1.165, 1.54) is 0 Å². The summed E-state index contributed by atoms with van der Waals surface area (Å²) in [5.74, 6) is 1.57. The molecule has 1 saturated heterocycles. The summed E-state index contributed by atoms with van der Waals surface area (Å²) < 4.78 is 5.30. The van der Waals surface area contributed by atoms with E-state index in [1.807, 2.05) is 19.1 Å². The van der Waals surface area contributed by atoms with Gasteiger partial charge in [0.2, 0.25) is 5.91 Å². The zero-order valence-corrected chi connectivity index (χ0v) is 13.3. The summed E-state index contributed by atoms with van der Waals surface area (Å²) in [6, 6.07) is 3.65. The molecule has 0 bridgehead atoms. The first-order chi connectivity index (χ1) is 10.0. The number of hydrogen-bond donors (Lipinski definition) is 1. The summed E-state index contributed by atoms with van der Waals surface area (Å²) in [7, 11) is 0. The highest BCUT2D eigenvalue weighted by molar-refractivity contribution is 5.78. The van der Waals surface area contributed by atoms with Crippen molar-refractivity contribution in [1.82, 2.24) is 15.1 Å². The van der Waals surface area contributed by atoms with Crippen LogP contribution in [0.4, 0.5) is 0 Å². The van der Waals surface area contributed by atoms with Gasteiger partial charge in [0.1, 0.15) is 5.76 Å². The molecule has 1 aliphatic heterocycles. The van der Waals surface area contributed by atoms with Crippen LogP contribution in [0.1, 0.15) is 32.6 Å². The first kappa shape index (κ1) is 16.0. The molecule has 118 valence electrons. The van der Waals surface area contributed by atoms with Crippen LogP contribution in [0.15, 0.2) is 22.8 Å². The second-order valence-electron chi connectivity index (χ2n) is 6.28. The summed E-state index contributed by atoms with van der Waals surface area (Å²) in [5.41, 5.74) is 0. The van der Waals surface area contributed by atoms with Gasteiger partial charge in [0.15, 0.2) is 0 Å². The lowest BCUT2D eigenvalue weighted by Gasteiger charge is -2.35. The van der Waals surface area contributed by atoms with Gasteiger partial charge >= 0.3 is 0 Å². The number of hydrogen-bond acceptors (Lipinski definition) is 4. The van der Waals surface area contributed by atoms with Crippen LogP contribution in [-0.4, -0.2) is 55.0 Å². The topological polar surface area (TPSA) is 48.7 Å². The lowest BCUT2D eigenvalue weighted by Crippen LogP contribution is -2.50. The van der Waals surface area contributed by atoms with E-state index in [0.29, 0.717) is 12.5 Å². The van der Waals surface area contributed by atoms with Gasteiger partial charge in [-0.15, -0.1) is 0 Å². The number of carbonyl (C=O) groups excluding carboxylic acids is 1. The van der Waals surface area contributed by atoms with Crippen molar-refractivity contribution in [2.45, 2.75) is 26.8 Å². The van der Waals surface area contributed by atoms with Crippen molar-refractivity contribution in [2.24, 2.45) is 5.92 Å². The van der Waals surface area contributed by atoms with Crippen molar-refractivity contribution < 1.29 is 9.21 Å². The fraction of sp³-hybridized carbons (Fsp3) is 0.688. The molecule has 2 heterocycles. The van der Waals surface area contributed by atoms with E-state index in [2.05, 4.69) is 29.0 Å². The molecular formula is C16H27N3O2. The highest BCUT2D eigenvalue weighted by atomic mass is 16.3. The molecule has 0 saturated carbocycles. The van der Waals surface area contributed by atoms with E-state index in [-0.39, 0.29) is 11.9 Å². The fourth-order valence-electron chi connectivity index (χ4n) is 2.75. The minimum atomic E-state index is -0.0743. The van der Waals surface area contributed by atoms with Crippen LogP contribution < -0.4 is 5.32 Å². The Labute approximate surface area is 127 Å². The van der Waals surface area contributed by atoms with Crippen molar-refractivity contribution in [3.8, 4) is 0 Å². The van der Waals surface area contributed by atoms with Gasteiger partial charge in [0.05, 0.1) is 18.8 Å². The number of furan rings is 1. The summed E-state index contributed by atoms with van der Waals surface area (Å²) in [5, 5.41) is 2.99. The molecule has 0 spiro atoms. The summed E-state index contributed by atoms with van der Waals surface area (Å²) in [6.45, 7) is 12.1. The number of nitrogens with zero attached hydrogens (tertiary/aromatic N) is 2. The van der Waals surface area contributed by atoms with Crippen molar-refractivity contribution in [2.75, 3.05) is 39.3 Å². The maximum absolute atomic E-state index is 12.1. The molecule has 0 aromatic carbocycles. The van der Waals surface area contributed by atoms with E-state index in [4.69, 9.17) is 4.42 Å². The second kappa shape index (κ2) is 7.61. The molecule has 1 amide bonds. The monoisotopic (exact) mass is 293 g/mol. The number of carbonyl (C=O) groups is 1. The summed E-state index contributed by atoms with van der Waals surface area (Å²) in [6.07, 6.45) is 1.63. The van der Waals surface area contributed by atoms with Crippen LogP contribution in [-0.2, 0) is 4.79 Å². The molecule has 1 atom stereocenters. The Morgan fingerprint density at radius 2 is 1.90 bits per heavy atom. The standard InChI is InChI=1S/C16H27N3O2/c1-13(2)11-18-6-8-19(9-7-18)12-16(20)17-14(3)15-5-4-10-21-15/h4-5,10,13-14H,6-9,11-12H2,1-3H3,(H,17,20). The maximum atomic E-state index is 12.1. The minimum absolute atomic E-state index is 0.0659. The summed E-state index contributed by atoms with van der Waals surface area (Å²) >= 11 is 0. The van der Waals surface area contributed by atoms with Gasteiger partial charge in [-0.3, -0.25) is 9.69 Å². The van der Waals surface area contributed by atoms with Crippen molar-refractivity contribution in [3.05, 3.63) is 24.2 Å². The molecule has 1 fully saturated rings. The van der Waals surface area contributed by atoms with E-state index < -0.39 is 0 Å². The Bertz CT molecular complexity index is 423. The third kappa shape index (κ3) is 5.17. The third-order valence-electron chi connectivity index (χ3n) is 3.80. The minimum Gasteiger partial charge on any atom is -0.467 e. The molecule has 1 aromatic heterocycles. The molecule has 1 unspecified atom stereocenters. The molecule has 1 aromatic rings. The molecule has 0 radical (unpaired) electrons. The van der Waals surface area contributed by atoms with Crippen LogP contribution in [0.3, 0.4) is 0 Å². The molecule has 5 nitrogen and oxygen atoms in total. The average Bonchev–Trinajstić information content (AvgIpc) is 2.94. The van der Waals surface area contributed by atoms with Gasteiger partial charge < -0.3 is 14.6 Å². The van der Waals surface area contributed by atoms with E-state index >= 15 is 0 Å². The van der Waals surface area contributed by atoms with Gasteiger partial charge in [-0.1, -0.05) is 13.8 Å². The normalized spacial score (nSPS) is 18.9. The number of rotatable bonds is 6. The predicted molar refractivity (Wildman–Crippen MR) is 83.0 cm³/mol. The van der Waals surface area contributed by atoms with E-state index in [9.17, 15) is 4.79 Å². The zero-order valence-electron chi connectivity index (χ0n) is 13.3. The molecule has 2 rings (SSSR count). The van der Waals surface area contributed by atoms with Gasteiger partial charge in [0, 0.05) is 32.7 Å². The second-order valence-corrected chi connectivity index (χ2v) is 6.28. The first-order valence-electron chi connectivity index (χ1n) is 7.82. The predicted octanol–water partition coefficient (Wildman–Crippen LogP) is 1.73. The third-order valence-corrected chi connectivity index (χ3v) is 3.80. The van der Waals surface area contributed by atoms with Crippen LogP contribution in [0.5, 0.6) is 0 Å². The Balaban J connectivity index is 1.69. The van der Waals surface area contributed by atoms with Gasteiger partial charge in [-0.25, -0.2) is 0 Å². The molecule has 5 heteroatoms. The molecular weight excluding hydrogens is 266 g/mol. The molecule has 1 aliphatic rings. The average molecular weight is 293 g/mol. The van der Waals surface area contributed by atoms with E-state index in [0.717, 1.165) is 38.5 Å². The smallest absolute Gasteiger partial charge is 0.234 e. The van der Waals surface area contributed by atoms with Gasteiger partial charge in [-0.2, -0.15) is 0 Å². The maximum Gasteiger partial charge on any atom is 0.234 e. The van der Waals surface area contributed by atoms with Crippen molar-refractivity contribution >= 4 is 5.91 Å². The van der Waals surface area contributed by atoms with E-state index in [1.54, 1.807) is 6.26 Å². The van der Waals surface area contributed by atoms with Gasteiger partial charge in [0.25, 0.3) is 0 Å². The molecule has 0 aliphatic carbocycles.